The van der Waals surface area contributed by atoms with Gasteiger partial charge in [0.1, 0.15) is 5.82 Å². The molecule has 0 aliphatic rings. The first-order valence-electron chi connectivity index (χ1n) is 11.5. The van der Waals surface area contributed by atoms with Gasteiger partial charge in [-0.1, -0.05) is 84.9 Å². The highest BCUT2D eigenvalue weighted by Crippen LogP contribution is 2.40. The molecule has 1 N–H and O–H groups in total. The van der Waals surface area contributed by atoms with Crippen molar-refractivity contribution in [2.45, 2.75) is 0 Å². The summed E-state index contributed by atoms with van der Waals surface area (Å²) >= 11 is 0. The zero-order chi connectivity index (χ0) is 22.5. The Morgan fingerprint density at radius 3 is 2.12 bits per heavy atom. The first-order valence-corrected chi connectivity index (χ1v) is 11.5. The van der Waals surface area contributed by atoms with Gasteiger partial charge in [-0.2, -0.15) is 0 Å². The van der Waals surface area contributed by atoms with Crippen LogP contribution in [-0.4, -0.2) is 14.5 Å². The lowest BCUT2D eigenvalue weighted by atomic mass is 9.98. The summed E-state index contributed by atoms with van der Waals surface area (Å²) < 4.78 is 2.27. The highest BCUT2D eigenvalue weighted by atomic mass is 15.1. The molecule has 0 aliphatic carbocycles. The highest BCUT2D eigenvalue weighted by molar-refractivity contribution is 6.18. The molecule has 160 valence electrons. The monoisotopic (exact) mass is 435 g/mol. The van der Waals surface area contributed by atoms with Crippen molar-refractivity contribution in [2.24, 2.45) is 0 Å². The van der Waals surface area contributed by atoms with Crippen LogP contribution in [0.3, 0.4) is 0 Å². The molecule has 0 unspecified atom stereocenters. The standard InChI is InChI=1S/C31H21N3/c1-3-11-21(12-4-1)23-19-20-25(29-24-15-7-8-16-26(24)32-30(23)29)31-33-27-17-9-10-18-28(27)34(31)22-13-5-2-6-14-22/h1-20,32H. The number of para-hydroxylation sites is 4. The predicted octanol–water partition coefficient (Wildman–Crippen LogP) is 7.99. The Morgan fingerprint density at radius 1 is 0.588 bits per heavy atom. The van der Waals surface area contributed by atoms with Gasteiger partial charge in [-0.25, -0.2) is 4.98 Å². The molecule has 0 aliphatic heterocycles. The van der Waals surface area contributed by atoms with Crippen molar-refractivity contribution in [1.82, 2.24) is 14.5 Å². The van der Waals surface area contributed by atoms with Crippen LogP contribution in [0.25, 0.3) is 61.0 Å². The summed E-state index contributed by atoms with van der Waals surface area (Å²) in [6.45, 7) is 0. The third-order valence-electron chi connectivity index (χ3n) is 6.56. The topological polar surface area (TPSA) is 33.6 Å². The smallest absolute Gasteiger partial charge is 0.146 e. The number of rotatable bonds is 3. The SMILES string of the molecule is c1ccc(-c2ccc(-c3nc4ccccc4n3-c3ccccc3)c3c2[nH]c2ccccc23)cc1. The van der Waals surface area contributed by atoms with Gasteiger partial charge in [-0.3, -0.25) is 4.57 Å². The molecule has 7 rings (SSSR count). The van der Waals surface area contributed by atoms with Crippen LogP contribution >= 0.6 is 0 Å². The van der Waals surface area contributed by atoms with E-state index in [0.717, 1.165) is 39.1 Å². The van der Waals surface area contributed by atoms with Gasteiger partial charge in [0.25, 0.3) is 0 Å². The van der Waals surface area contributed by atoms with Crippen molar-refractivity contribution >= 4 is 32.8 Å². The maximum Gasteiger partial charge on any atom is 0.146 e. The maximum absolute atomic E-state index is 5.15. The number of aromatic amines is 1. The minimum absolute atomic E-state index is 0.946. The van der Waals surface area contributed by atoms with Crippen molar-refractivity contribution in [1.29, 1.82) is 0 Å². The molecule has 3 nitrogen and oxygen atoms in total. The van der Waals surface area contributed by atoms with Crippen molar-refractivity contribution < 1.29 is 0 Å². The van der Waals surface area contributed by atoms with Crippen LogP contribution in [0, 0.1) is 0 Å². The second-order valence-electron chi connectivity index (χ2n) is 8.54. The number of imidazole rings is 1. The van der Waals surface area contributed by atoms with Crippen LogP contribution in [0.4, 0.5) is 0 Å². The zero-order valence-electron chi connectivity index (χ0n) is 18.4. The van der Waals surface area contributed by atoms with Crippen molar-refractivity contribution in [3.8, 4) is 28.2 Å². The Kier molecular flexibility index (Phi) is 4.15. The first kappa shape index (κ1) is 18.9. The van der Waals surface area contributed by atoms with Gasteiger partial charge in [-0.15, -0.1) is 0 Å². The molecule has 3 heteroatoms. The molecule has 0 radical (unpaired) electrons. The molecular weight excluding hydrogens is 414 g/mol. The number of aromatic nitrogens is 3. The van der Waals surface area contributed by atoms with E-state index in [4.69, 9.17) is 4.98 Å². The van der Waals surface area contributed by atoms with Gasteiger partial charge < -0.3 is 4.98 Å². The molecule has 0 saturated heterocycles. The second kappa shape index (κ2) is 7.46. The van der Waals surface area contributed by atoms with Crippen LogP contribution in [0.2, 0.25) is 0 Å². The minimum Gasteiger partial charge on any atom is -0.354 e. The molecule has 5 aromatic carbocycles. The Labute approximate surface area is 196 Å². The van der Waals surface area contributed by atoms with Crippen molar-refractivity contribution in [3.05, 3.63) is 121 Å². The summed E-state index contributed by atoms with van der Waals surface area (Å²) in [6, 6.07) is 42.4. The van der Waals surface area contributed by atoms with E-state index in [1.807, 2.05) is 6.07 Å². The number of hydrogen-bond donors (Lipinski definition) is 1. The fraction of sp³-hybridized carbons (Fsp3) is 0. The molecule has 2 heterocycles. The molecule has 2 aromatic heterocycles. The Bertz CT molecular complexity index is 1790. The molecule has 0 fully saturated rings. The van der Waals surface area contributed by atoms with Crippen LogP contribution in [0.15, 0.2) is 121 Å². The van der Waals surface area contributed by atoms with Gasteiger partial charge in [0, 0.05) is 33.1 Å². The van der Waals surface area contributed by atoms with Gasteiger partial charge in [0.2, 0.25) is 0 Å². The van der Waals surface area contributed by atoms with Crippen LogP contribution in [0.5, 0.6) is 0 Å². The quantitative estimate of drug-likeness (QED) is 0.300. The normalized spacial score (nSPS) is 11.5. The molecule has 0 saturated carbocycles. The van der Waals surface area contributed by atoms with E-state index in [0.29, 0.717) is 0 Å². The van der Waals surface area contributed by atoms with E-state index in [2.05, 4.69) is 125 Å². The van der Waals surface area contributed by atoms with Gasteiger partial charge in [-0.05, 0) is 42.0 Å². The number of H-pyrrole nitrogens is 1. The Hall–Kier alpha value is -4.63. The number of benzene rings is 5. The number of nitrogens with zero attached hydrogens (tertiary/aromatic N) is 2. The zero-order valence-corrected chi connectivity index (χ0v) is 18.4. The summed E-state index contributed by atoms with van der Waals surface area (Å²) in [5, 5.41) is 2.40. The summed E-state index contributed by atoms with van der Waals surface area (Å²) in [4.78, 5) is 8.86. The van der Waals surface area contributed by atoms with Gasteiger partial charge in [0.15, 0.2) is 0 Å². The third kappa shape index (κ3) is 2.81. The Morgan fingerprint density at radius 2 is 1.26 bits per heavy atom. The Balaban J connectivity index is 1.62. The maximum atomic E-state index is 5.15. The van der Waals surface area contributed by atoms with E-state index >= 15 is 0 Å². The molecule has 0 amide bonds. The van der Waals surface area contributed by atoms with Gasteiger partial charge in [0.05, 0.1) is 16.6 Å². The third-order valence-corrected chi connectivity index (χ3v) is 6.56. The van der Waals surface area contributed by atoms with Crippen LogP contribution in [-0.2, 0) is 0 Å². The first-order chi connectivity index (χ1) is 16.9. The van der Waals surface area contributed by atoms with E-state index in [-0.39, 0.29) is 0 Å². The molecule has 0 atom stereocenters. The average molecular weight is 436 g/mol. The molecule has 34 heavy (non-hydrogen) atoms. The fourth-order valence-electron chi connectivity index (χ4n) is 5.05. The lowest BCUT2D eigenvalue weighted by Crippen LogP contribution is -1.98. The van der Waals surface area contributed by atoms with Crippen molar-refractivity contribution in [3.63, 3.8) is 0 Å². The number of nitrogens with one attached hydrogen (secondary N) is 1. The predicted molar refractivity (Wildman–Crippen MR) is 141 cm³/mol. The minimum atomic E-state index is 0.946. The van der Waals surface area contributed by atoms with E-state index in [9.17, 15) is 0 Å². The largest absolute Gasteiger partial charge is 0.354 e. The molecular formula is C31H21N3. The molecule has 0 bridgehead atoms. The lowest BCUT2D eigenvalue weighted by Gasteiger charge is -2.12. The molecule has 7 aromatic rings. The number of hydrogen-bond acceptors (Lipinski definition) is 1. The van der Waals surface area contributed by atoms with Crippen LogP contribution < -0.4 is 0 Å². The average Bonchev–Trinajstić information content (AvgIpc) is 3.48. The summed E-state index contributed by atoms with van der Waals surface area (Å²) in [5.41, 5.74) is 8.96. The van der Waals surface area contributed by atoms with Crippen LogP contribution in [0.1, 0.15) is 0 Å². The summed E-state index contributed by atoms with van der Waals surface area (Å²) in [6.07, 6.45) is 0. The lowest BCUT2D eigenvalue weighted by molar-refractivity contribution is 1.11. The van der Waals surface area contributed by atoms with E-state index in [1.165, 1.54) is 21.9 Å². The summed E-state index contributed by atoms with van der Waals surface area (Å²) in [7, 11) is 0. The van der Waals surface area contributed by atoms with E-state index in [1.54, 1.807) is 0 Å². The van der Waals surface area contributed by atoms with E-state index < -0.39 is 0 Å². The highest BCUT2D eigenvalue weighted by Gasteiger charge is 2.20. The van der Waals surface area contributed by atoms with Gasteiger partial charge >= 0.3 is 0 Å². The summed E-state index contributed by atoms with van der Waals surface area (Å²) in [5.74, 6) is 0.946. The number of fused-ring (bicyclic) bond motifs is 4. The molecule has 0 spiro atoms. The fourth-order valence-corrected chi connectivity index (χ4v) is 5.05. The van der Waals surface area contributed by atoms with Crippen molar-refractivity contribution in [2.75, 3.05) is 0 Å². The second-order valence-corrected chi connectivity index (χ2v) is 8.54.